The molecule has 0 aromatic heterocycles. The summed E-state index contributed by atoms with van der Waals surface area (Å²) in [6.07, 6.45) is 7.13. The lowest BCUT2D eigenvalue weighted by Gasteiger charge is -2.36. The van der Waals surface area contributed by atoms with Crippen LogP contribution in [-0.2, 0) is 9.59 Å². The fraction of sp³-hybridized carbons (Fsp3) is 0.867. The topological polar surface area (TPSA) is 49.4 Å². The molecule has 4 nitrogen and oxygen atoms in total. The van der Waals surface area contributed by atoms with E-state index in [2.05, 4.69) is 12.2 Å². The average molecular weight is 264 g/mol. The molecule has 4 heteroatoms. The van der Waals surface area contributed by atoms with E-state index in [0.717, 1.165) is 25.3 Å². The van der Waals surface area contributed by atoms with Gasteiger partial charge in [-0.1, -0.05) is 19.8 Å². The Bertz CT molecular complexity index is 370. The van der Waals surface area contributed by atoms with Gasteiger partial charge in [-0.3, -0.25) is 9.59 Å². The Morgan fingerprint density at radius 3 is 2.42 bits per heavy atom. The summed E-state index contributed by atoms with van der Waals surface area (Å²) in [6.45, 7) is 3.37. The van der Waals surface area contributed by atoms with Crippen LogP contribution in [0.2, 0.25) is 0 Å². The van der Waals surface area contributed by atoms with Crippen molar-refractivity contribution in [2.45, 2.75) is 51.5 Å². The van der Waals surface area contributed by atoms with Crippen LogP contribution in [0.3, 0.4) is 0 Å². The molecule has 3 fully saturated rings. The Balaban J connectivity index is 1.59. The molecule has 3 aliphatic rings. The first kappa shape index (κ1) is 12.9. The maximum atomic E-state index is 12.4. The molecule has 0 aromatic rings. The highest BCUT2D eigenvalue weighted by atomic mass is 16.2. The van der Waals surface area contributed by atoms with Crippen molar-refractivity contribution in [3.8, 4) is 0 Å². The molecule has 2 aliphatic carbocycles. The molecule has 2 saturated carbocycles. The Labute approximate surface area is 114 Å². The zero-order chi connectivity index (χ0) is 13.4. The first-order chi connectivity index (χ1) is 9.13. The van der Waals surface area contributed by atoms with Gasteiger partial charge in [0, 0.05) is 6.54 Å². The maximum Gasteiger partial charge on any atom is 0.245 e. The van der Waals surface area contributed by atoms with Crippen molar-refractivity contribution in [2.24, 2.45) is 17.8 Å². The molecule has 1 aliphatic heterocycles. The highest BCUT2D eigenvalue weighted by Crippen LogP contribution is 2.35. The van der Waals surface area contributed by atoms with E-state index in [4.69, 9.17) is 0 Å². The highest BCUT2D eigenvalue weighted by Gasteiger charge is 2.43. The van der Waals surface area contributed by atoms with Crippen molar-refractivity contribution in [3.63, 3.8) is 0 Å². The third-order valence-electron chi connectivity index (χ3n) is 4.94. The molecule has 2 amide bonds. The van der Waals surface area contributed by atoms with Crippen molar-refractivity contribution in [3.05, 3.63) is 0 Å². The van der Waals surface area contributed by atoms with E-state index in [1.54, 1.807) is 0 Å². The number of nitrogens with zero attached hydrogens (tertiary/aromatic N) is 1. The molecule has 0 spiro atoms. The maximum absolute atomic E-state index is 12.4. The van der Waals surface area contributed by atoms with E-state index in [9.17, 15) is 9.59 Å². The van der Waals surface area contributed by atoms with E-state index >= 15 is 0 Å². The van der Waals surface area contributed by atoms with Gasteiger partial charge in [0.25, 0.3) is 0 Å². The number of nitrogens with one attached hydrogen (secondary N) is 1. The minimum absolute atomic E-state index is 0.0284. The number of hydrogen-bond acceptors (Lipinski definition) is 2. The summed E-state index contributed by atoms with van der Waals surface area (Å²) >= 11 is 0. The van der Waals surface area contributed by atoms with Crippen LogP contribution in [0.1, 0.15) is 45.4 Å². The van der Waals surface area contributed by atoms with Gasteiger partial charge in [-0.2, -0.15) is 0 Å². The van der Waals surface area contributed by atoms with E-state index in [0.29, 0.717) is 11.8 Å². The molecule has 1 unspecified atom stereocenters. The zero-order valence-electron chi connectivity index (χ0n) is 11.7. The van der Waals surface area contributed by atoms with Gasteiger partial charge < -0.3 is 10.2 Å². The van der Waals surface area contributed by atoms with Crippen molar-refractivity contribution in [1.29, 1.82) is 0 Å². The monoisotopic (exact) mass is 264 g/mol. The molecule has 0 radical (unpaired) electrons. The van der Waals surface area contributed by atoms with Crippen molar-refractivity contribution in [1.82, 2.24) is 10.2 Å². The second kappa shape index (κ2) is 5.14. The Morgan fingerprint density at radius 2 is 1.79 bits per heavy atom. The summed E-state index contributed by atoms with van der Waals surface area (Å²) in [5, 5.41) is 2.87. The second-order valence-corrected chi connectivity index (χ2v) is 6.73. The predicted molar refractivity (Wildman–Crippen MR) is 72.4 cm³/mol. The molecule has 1 N–H and O–H groups in total. The largest absolute Gasteiger partial charge is 0.342 e. The Morgan fingerprint density at radius 1 is 1.11 bits per heavy atom. The molecule has 1 saturated heterocycles. The van der Waals surface area contributed by atoms with Crippen LogP contribution in [-0.4, -0.2) is 35.8 Å². The summed E-state index contributed by atoms with van der Waals surface area (Å²) in [5.41, 5.74) is 0. The molecule has 19 heavy (non-hydrogen) atoms. The van der Waals surface area contributed by atoms with E-state index in [1.165, 1.54) is 25.7 Å². The summed E-state index contributed by atoms with van der Waals surface area (Å²) in [4.78, 5) is 26.0. The number of rotatable bonds is 3. The van der Waals surface area contributed by atoms with Crippen molar-refractivity contribution in [2.75, 3.05) is 13.1 Å². The number of carbonyl (C=O) groups is 2. The minimum Gasteiger partial charge on any atom is -0.342 e. The first-order valence-corrected chi connectivity index (χ1v) is 7.71. The third kappa shape index (κ3) is 2.93. The van der Waals surface area contributed by atoms with Crippen molar-refractivity contribution >= 4 is 11.8 Å². The van der Waals surface area contributed by atoms with Crippen LogP contribution in [0.4, 0.5) is 0 Å². The van der Waals surface area contributed by atoms with Gasteiger partial charge in [0.1, 0.15) is 6.04 Å². The molecule has 0 aromatic carbocycles. The third-order valence-corrected chi connectivity index (χ3v) is 4.94. The zero-order valence-corrected chi connectivity index (χ0v) is 11.7. The fourth-order valence-corrected chi connectivity index (χ4v) is 3.46. The number of hydrogen-bond donors (Lipinski definition) is 1. The minimum atomic E-state index is -0.219. The highest BCUT2D eigenvalue weighted by molar-refractivity contribution is 5.95. The summed E-state index contributed by atoms with van der Waals surface area (Å²) in [6, 6.07) is -0.219. The van der Waals surface area contributed by atoms with Crippen LogP contribution in [0.25, 0.3) is 0 Å². The van der Waals surface area contributed by atoms with Crippen molar-refractivity contribution < 1.29 is 9.59 Å². The molecular weight excluding hydrogens is 240 g/mol. The lowest BCUT2D eigenvalue weighted by Crippen LogP contribution is -2.59. The summed E-state index contributed by atoms with van der Waals surface area (Å²) < 4.78 is 0. The smallest absolute Gasteiger partial charge is 0.245 e. The molecule has 106 valence electrons. The van der Waals surface area contributed by atoms with Crippen LogP contribution < -0.4 is 5.32 Å². The van der Waals surface area contributed by atoms with Crippen LogP contribution in [0, 0.1) is 17.8 Å². The number of amides is 2. The van der Waals surface area contributed by atoms with Gasteiger partial charge in [-0.05, 0) is 43.4 Å². The van der Waals surface area contributed by atoms with Gasteiger partial charge in [0.05, 0.1) is 6.54 Å². The number of carbonyl (C=O) groups excluding carboxylic acids is 2. The standard InChI is InChI=1S/C15H24N2O2/c1-10-2-4-11(5-3-10)8-17-9-13(18)16-14(15(17)19)12-6-7-12/h10-12,14H,2-9H2,1H3,(H,16,18). The Kier molecular flexibility index (Phi) is 3.50. The van der Waals surface area contributed by atoms with E-state index in [-0.39, 0.29) is 24.4 Å². The van der Waals surface area contributed by atoms with Crippen LogP contribution in [0.5, 0.6) is 0 Å². The lowest BCUT2D eigenvalue weighted by atomic mass is 9.82. The molecular formula is C15H24N2O2. The van der Waals surface area contributed by atoms with Gasteiger partial charge in [-0.25, -0.2) is 0 Å². The Hall–Kier alpha value is -1.06. The van der Waals surface area contributed by atoms with Gasteiger partial charge in [0.2, 0.25) is 11.8 Å². The van der Waals surface area contributed by atoms with Gasteiger partial charge in [0.15, 0.2) is 0 Å². The normalized spacial score (nSPS) is 36.3. The summed E-state index contributed by atoms with van der Waals surface area (Å²) in [7, 11) is 0. The lowest BCUT2D eigenvalue weighted by molar-refractivity contribution is -0.145. The molecule has 1 heterocycles. The molecule has 1 atom stereocenters. The van der Waals surface area contributed by atoms with E-state index < -0.39 is 0 Å². The predicted octanol–water partition coefficient (Wildman–Crippen LogP) is 1.55. The van der Waals surface area contributed by atoms with Crippen LogP contribution in [0.15, 0.2) is 0 Å². The summed E-state index contributed by atoms with van der Waals surface area (Å²) in [5.74, 6) is 2.04. The number of piperazine rings is 1. The second-order valence-electron chi connectivity index (χ2n) is 6.73. The molecule has 3 rings (SSSR count). The first-order valence-electron chi connectivity index (χ1n) is 7.71. The SMILES string of the molecule is CC1CCC(CN2CC(=O)NC(C3CC3)C2=O)CC1. The quantitative estimate of drug-likeness (QED) is 0.841. The van der Waals surface area contributed by atoms with Crippen LogP contribution >= 0.6 is 0 Å². The van der Waals surface area contributed by atoms with Gasteiger partial charge >= 0.3 is 0 Å². The average Bonchev–Trinajstić information content (AvgIpc) is 3.20. The molecule has 0 bridgehead atoms. The fourth-order valence-electron chi connectivity index (χ4n) is 3.46. The van der Waals surface area contributed by atoms with E-state index in [1.807, 2.05) is 4.90 Å². The van der Waals surface area contributed by atoms with Gasteiger partial charge in [-0.15, -0.1) is 0 Å².